The van der Waals surface area contributed by atoms with Gasteiger partial charge in [0.2, 0.25) is 0 Å². The smallest absolute Gasteiger partial charge is 0.276 e. The summed E-state index contributed by atoms with van der Waals surface area (Å²) in [7, 11) is 0. The second-order valence-electron chi connectivity index (χ2n) is 1.97. The lowest BCUT2D eigenvalue weighted by molar-refractivity contribution is -0.385. The number of pyridine rings is 1. The summed E-state index contributed by atoms with van der Waals surface area (Å²) in [6, 6.07) is 1.34. The molecule has 0 radical (unpaired) electrons. The molecule has 0 bridgehead atoms. The maximum absolute atomic E-state index is 10.3. The molecule has 0 amide bonds. The molecule has 0 aliphatic carbocycles. The minimum absolute atomic E-state index is 0.0301. The molecule has 11 heavy (non-hydrogen) atoms. The third-order valence-corrected chi connectivity index (χ3v) is 1.29. The molecule has 0 fully saturated rings. The summed E-state index contributed by atoms with van der Waals surface area (Å²) in [6.45, 7) is 0.143. The second-order valence-corrected chi connectivity index (χ2v) is 1.97. The zero-order chi connectivity index (χ0) is 8.27. The van der Waals surface area contributed by atoms with Gasteiger partial charge < -0.3 is 5.73 Å². The van der Waals surface area contributed by atoms with E-state index in [2.05, 4.69) is 4.98 Å². The SMILES string of the molecule is NCc1cnccc1[N+](=O)[O-]. The van der Waals surface area contributed by atoms with Gasteiger partial charge in [0, 0.05) is 25.0 Å². The summed E-state index contributed by atoms with van der Waals surface area (Å²) >= 11 is 0. The Kier molecular flexibility index (Phi) is 2.12. The minimum atomic E-state index is -0.468. The van der Waals surface area contributed by atoms with Crippen molar-refractivity contribution in [1.82, 2.24) is 4.98 Å². The van der Waals surface area contributed by atoms with Gasteiger partial charge in [-0.15, -0.1) is 0 Å². The normalized spacial score (nSPS) is 9.55. The Morgan fingerprint density at radius 2 is 2.45 bits per heavy atom. The Morgan fingerprint density at radius 1 is 1.73 bits per heavy atom. The first kappa shape index (κ1) is 7.62. The molecule has 0 aliphatic rings. The molecule has 2 N–H and O–H groups in total. The fourth-order valence-corrected chi connectivity index (χ4v) is 0.755. The number of aromatic nitrogens is 1. The molecule has 1 rings (SSSR count). The maximum Gasteiger partial charge on any atom is 0.276 e. The van der Waals surface area contributed by atoms with Crippen LogP contribution < -0.4 is 5.73 Å². The maximum atomic E-state index is 10.3. The van der Waals surface area contributed by atoms with E-state index in [1.54, 1.807) is 0 Å². The van der Waals surface area contributed by atoms with Gasteiger partial charge in [-0.05, 0) is 0 Å². The zero-order valence-electron chi connectivity index (χ0n) is 5.73. The summed E-state index contributed by atoms with van der Waals surface area (Å²) in [5.74, 6) is 0. The molecule has 58 valence electrons. The van der Waals surface area contributed by atoms with Crippen molar-refractivity contribution >= 4 is 5.69 Å². The van der Waals surface area contributed by atoms with E-state index in [9.17, 15) is 10.1 Å². The molecule has 0 saturated heterocycles. The molecule has 1 heterocycles. The van der Waals surface area contributed by atoms with Crippen molar-refractivity contribution < 1.29 is 4.92 Å². The first-order valence-electron chi connectivity index (χ1n) is 3.03. The predicted molar refractivity (Wildman–Crippen MR) is 38.8 cm³/mol. The van der Waals surface area contributed by atoms with Gasteiger partial charge in [0.1, 0.15) is 0 Å². The molecule has 0 saturated carbocycles. The minimum Gasteiger partial charge on any atom is -0.326 e. The summed E-state index contributed by atoms with van der Waals surface area (Å²) in [5, 5.41) is 10.3. The highest BCUT2D eigenvalue weighted by molar-refractivity contribution is 5.36. The van der Waals surface area contributed by atoms with Gasteiger partial charge >= 0.3 is 0 Å². The van der Waals surface area contributed by atoms with Crippen LogP contribution in [0.15, 0.2) is 18.5 Å². The van der Waals surface area contributed by atoms with Crippen LogP contribution in [-0.4, -0.2) is 9.91 Å². The van der Waals surface area contributed by atoms with Gasteiger partial charge in [-0.25, -0.2) is 0 Å². The van der Waals surface area contributed by atoms with E-state index in [-0.39, 0.29) is 12.2 Å². The Hall–Kier alpha value is -1.49. The monoisotopic (exact) mass is 153 g/mol. The van der Waals surface area contributed by atoms with Gasteiger partial charge in [0.25, 0.3) is 5.69 Å². The highest BCUT2D eigenvalue weighted by atomic mass is 16.6. The number of hydrogen-bond donors (Lipinski definition) is 1. The third-order valence-electron chi connectivity index (χ3n) is 1.29. The van der Waals surface area contributed by atoms with E-state index in [0.29, 0.717) is 5.56 Å². The molecule has 1 aromatic rings. The number of nitrogens with zero attached hydrogens (tertiary/aromatic N) is 2. The van der Waals surface area contributed by atoms with Gasteiger partial charge in [-0.1, -0.05) is 0 Å². The van der Waals surface area contributed by atoms with Crippen molar-refractivity contribution in [1.29, 1.82) is 0 Å². The van der Waals surface area contributed by atoms with Crippen molar-refractivity contribution in [2.75, 3.05) is 0 Å². The van der Waals surface area contributed by atoms with Crippen molar-refractivity contribution in [3.8, 4) is 0 Å². The van der Waals surface area contributed by atoms with E-state index in [4.69, 9.17) is 5.73 Å². The van der Waals surface area contributed by atoms with Crippen LogP contribution in [0.2, 0.25) is 0 Å². The Bertz CT molecular complexity index is 274. The van der Waals surface area contributed by atoms with Crippen LogP contribution in [0.25, 0.3) is 0 Å². The highest BCUT2D eigenvalue weighted by Crippen LogP contribution is 2.14. The van der Waals surface area contributed by atoms with Crippen LogP contribution in [0, 0.1) is 10.1 Å². The van der Waals surface area contributed by atoms with Crippen LogP contribution in [0.5, 0.6) is 0 Å². The van der Waals surface area contributed by atoms with Crippen LogP contribution in [0.3, 0.4) is 0 Å². The molecule has 5 heteroatoms. The number of nitro groups is 1. The van der Waals surface area contributed by atoms with Crippen LogP contribution in [0.1, 0.15) is 5.56 Å². The van der Waals surface area contributed by atoms with Crippen molar-refractivity contribution in [3.63, 3.8) is 0 Å². The van der Waals surface area contributed by atoms with E-state index in [1.807, 2.05) is 0 Å². The average molecular weight is 153 g/mol. The molecule has 5 nitrogen and oxygen atoms in total. The zero-order valence-corrected chi connectivity index (χ0v) is 5.73. The van der Waals surface area contributed by atoms with Crippen LogP contribution >= 0.6 is 0 Å². The highest BCUT2D eigenvalue weighted by Gasteiger charge is 2.10. The summed E-state index contributed by atoms with van der Waals surface area (Å²) in [4.78, 5) is 13.5. The van der Waals surface area contributed by atoms with E-state index in [1.165, 1.54) is 18.5 Å². The molecule has 0 unspecified atom stereocenters. The average Bonchev–Trinajstić information content (AvgIpc) is 2.04. The van der Waals surface area contributed by atoms with E-state index in [0.717, 1.165) is 0 Å². The van der Waals surface area contributed by atoms with Crippen LogP contribution in [0.4, 0.5) is 5.69 Å². The topological polar surface area (TPSA) is 82.0 Å². The molecule has 1 aromatic heterocycles. The Labute approximate surface area is 63.0 Å². The molecule has 0 spiro atoms. The van der Waals surface area contributed by atoms with Crippen molar-refractivity contribution in [2.24, 2.45) is 5.73 Å². The quantitative estimate of drug-likeness (QED) is 0.494. The van der Waals surface area contributed by atoms with E-state index >= 15 is 0 Å². The lowest BCUT2D eigenvalue weighted by Gasteiger charge is -1.95. The molecule has 0 atom stereocenters. The molecule has 0 aliphatic heterocycles. The summed E-state index contributed by atoms with van der Waals surface area (Å²) < 4.78 is 0. The fraction of sp³-hybridized carbons (Fsp3) is 0.167. The van der Waals surface area contributed by atoms with Crippen molar-refractivity contribution in [3.05, 3.63) is 34.1 Å². The predicted octanol–water partition coefficient (Wildman–Crippen LogP) is 0.448. The van der Waals surface area contributed by atoms with Gasteiger partial charge in [0.15, 0.2) is 0 Å². The Balaban J connectivity index is 3.12. The first-order valence-corrected chi connectivity index (χ1v) is 3.03. The van der Waals surface area contributed by atoms with Gasteiger partial charge in [-0.3, -0.25) is 15.1 Å². The number of rotatable bonds is 2. The second kappa shape index (κ2) is 3.07. The lowest BCUT2D eigenvalue weighted by Crippen LogP contribution is -2.01. The largest absolute Gasteiger partial charge is 0.326 e. The van der Waals surface area contributed by atoms with Gasteiger partial charge in [-0.2, -0.15) is 0 Å². The summed E-state index contributed by atoms with van der Waals surface area (Å²) in [6.07, 6.45) is 2.77. The first-order chi connectivity index (χ1) is 5.25. The molecular formula is C6H7N3O2. The molecule has 0 aromatic carbocycles. The number of nitrogens with two attached hydrogens (primary N) is 1. The van der Waals surface area contributed by atoms with E-state index < -0.39 is 4.92 Å². The standard InChI is InChI=1S/C6H7N3O2/c7-3-5-4-8-2-1-6(5)9(10)11/h1-2,4H,3,7H2. The lowest BCUT2D eigenvalue weighted by atomic mass is 10.2. The fourth-order valence-electron chi connectivity index (χ4n) is 0.755. The Morgan fingerprint density at radius 3 is 2.91 bits per heavy atom. The van der Waals surface area contributed by atoms with Crippen molar-refractivity contribution in [2.45, 2.75) is 6.54 Å². The molecular weight excluding hydrogens is 146 g/mol. The third kappa shape index (κ3) is 1.50. The van der Waals surface area contributed by atoms with Crippen LogP contribution in [-0.2, 0) is 6.54 Å². The number of hydrogen-bond acceptors (Lipinski definition) is 4. The van der Waals surface area contributed by atoms with Gasteiger partial charge in [0.05, 0.1) is 10.5 Å². The summed E-state index contributed by atoms with van der Waals surface area (Å²) in [5.41, 5.74) is 5.73.